The molecule has 8 rings (SSSR count). The number of ether oxygens (including phenoxy) is 2. The Balaban J connectivity index is 0.874. The maximum atomic E-state index is 13.1. The van der Waals surface area contributed by atoms with Crippen LogP contribution in [0.5, 0.6) is 11.5 Å². The lowest BCUT2D eigenvalue weighted by Crippen LogP contribution is -2.65. The number of hydrogen-bond acceptors (Lipinski definition) is 8. The average molecular weight is 700 g/mol. The van der Waals surface area contributed by atoms with E-state index in [2.05, 4.69) is 16.0 Å². The highest BCUT2D eigenvalue weighted by Gasteiger charge is 2.48. The van der Waals surface area contributed by atoms with Crippen LogP contribution in [-0.2, 0) is 26.5 Å². The van der Waals surface area contributed by atoms with E-state index in [0.29, 0.717) is 42.5 Å². The molecule has 1 saturated carbocycles. The summed E-state index contributed by atoms with van der Waals surface area (Å²) in [6.07, 6.45) is 6.12. The van der Waals surface area contributed by atoms with Crippen LogP contribution in [0.25, 0.3) is 0 Å². The van der Waals surface area contributed by atoms with Crippen molar-refractivity contribution in [2.75, 3.05) is 56.6 Å². The number of phenols is 1. The van der Waals surface area contributed by atoms with Gasteiger partial charge in [-0.2, -0.15) is 0 Å². The Bertz CT molecular complexity index is 1670. The largest absolute Gasteiger partial charge is 0.508 e. The second kappa shape index (κ2) is 15.3. The fraction of sp³-hybridized carbons (Fsp3) is 0.500. The van der Waals surface area contributed by atoms with Crippen molar-refractivity contribution < 1.29 is 38.9 Å². The molecule has 3 atom stereocenters. The molecule has 2 bridgehead atoms. The Kier molecular flexibility index (Phi) is 10.6. The van der Waals surface area contributed by atoms with Gasteiger partial charge < -0.3 is 45.2 Å². The third kappa shape index (κ3) is 8.08. The van der Waals surface area contributed by atoms with Gasteiger partial charge in [0.2, 0.25) is 5.91 Å². The molecule has 3 saturated heterocycles. The summed E-state index contributed by atoms with van der Waals surface area (Å²) in [5, 5.41) is 41.8. The SMILES string of the molecule is O=C(CC[N+]12CCC(CC1)[C@H](OC[C@](O)(c1ccccc1)C1CCCC1)C2)Nc1ccc(CNC[C@@H](O)c2cc(O)cc3c2OCC(=O)N3)cc1. The first-order chi connectivity index (χ1) is 24.7. The number of carbonyl (C=O) groups excluding carboxylic acids is 2. The van der Waals surface area contributed by atoms with E-state index in [4.69, 9.17) is 9.47 Å². The van der Waals surface area contributed by atoms with Gasteiger partial charge in [0.1, 0.15) is 29.7 Å². The van der Waals surface area contributed by atoms with Gasteiger partial charge >= 0.3 is 0 Å². The number of anilines is 2. The lowest BCUT2D eigenvalue weighted by molar-refractivity contribution is -0.946. The summed E-state index contributed by atoms with van der Waals surface area (Å²) in [6, 6.07) is 20.5. The van der Waals surface area contributed by atoms with Gasteiger partial charge in [0.25, 0.3) is 5.91 Å². The number of aromatic hydroxyl groups is 1. The Hall–Kier alpha value is -4.00. The Labute approximate surface area is 299 Å². The molecule has 3 aromatic rings. The minimum atomic E-state index is -0.967. The second-order valence-electron chi connectivity index (χ2n) is 15.0. The number of amides is 2. The number of fused-ring (bicyclic) bond motifs is 4. The molecule has 3 aromatic carbocycles. The number of rotatable bonds is 14. The van der Waals surface area contributed by atoms with Crippen LogP contribution in [0.2, 0.25) is 0 Å². The van der Waals surface area contributed by atoms with Crippen molar-refractivity contribution in [2.24, 2.45) is 11.8 Å². The molecule has 51 heavy (non-hydrogen) atoms. The third-order valence-electron chi connectivity index (χ3n) is 11.7. The van der Waals surface area contributed by atoms with Crippen molar-refractivity contribution in [3.05, 3.63) is 83.4 Å². The van der Waals surface area contributed by atoms with Crippen molar-refractivity contribution in [3.63, 3.8) is 0 Å². The molecule has 272 valence electrons. The third-order valence-corrected chi connectivity index (χ3v) is 11.7. The molecule has 0 spiro atoms. The normalized spacial score (nSPS) is 24.6. The number of quaternary nitrogens is 1. The summed E-state index contributed by atoms with van der Waals surface area (Å²) in [5.41, 5.74) is 2.44. The Morgan fingerprint density at radius 3 is 2.53 bits per heavy atom. The van der Waals surface area contributed by atoms with Gasteiger partial charge in [-0.05, 0) is 48.1 Å². The summed E-state index contributed by atoms with van der Waals surface area (Å²) in [5.74, 6) is 0.690. The van der Waals surface area contributed by atoms with Gasteiger partial charge in [-0.25, -0.2) is 0 Å². The van der Waals surface area contributed by atoms with E-state index in [1.807, 2.05) is 54.6 Å². The maximum absolute atomic E-state index is 13.1. The molecule has 4 aliphatic heterocycles. The second-order valence-corrected chi connectivity index (χ2v) is 15.0. The van der Waals surface area contributed by atoms with Crippen LogP contribution >= 0.6 is 0 Å². The predicted molar refractivity (Wildman–Crippen MR) is 193 cm³/mol. The van der Waals surface area contributed by atoms with E-state index in [9.17, 15) is 24.9 Å². The van der Waals surface area contributed by atoms with Crippen LogP contribution in [0.15, 0.2) is 66.7 Å². The summed E-state index contributed by atoms with van der Waals surface area (Å²) >= 11 is 0. The molecule has 11 nitrogen and oxygen atoms in total. The Morgan fingerprint density at radius 1 is 1.04 bits per heavy atom. The number of aliphatic hydroxyl groups excluding tert-OH is 1. The van der Waals surface area contributed by atoms with Gasteiger partial charge in [-0.3, -0.25) is 9.59 Å². The van der Waals surface area contributed by atoms with Gasteiger partial charge in [0.15, 0.2) is 6.61 Å². The topological polar surface area (TPSA) is 149 Å². The van der Waals surface area contributed by atoms with Crippen LogP contribution in [0.1, 0.15) is 67.7 Å². The summed E-state index contributed by atoms with van der Waals surface area (Å²) in [7, 11) is 0. The molecule has 0 radical (unpaired) electrons. The number of benzene rings is 3. The van der Waals surface area contributed by atoms with Crippen molar-refractivity contribution in [1.82, 2.24) is 5.32 Å². The lowest BCUT2D eigenvalue weighted by Gasteiger charge is -2.52. The quantitative estimate of drug-likeness (QED) is 0.134. The number of phenolic OH excluding ortho intramolecular Hbond substituents is 1. The molecule has 5 aliphatic rings. The van der Waals surface area contributed by atoms with Gasteiger partial charge in [-0.15, -0.1) is 0 Å². The number of hydrogen-bond donors (Lipinski definition) is 6. The molecular weight excluding hydrogens is 648 g/mol. The first kappa shape index (κ1) is 35.4. The molecule has 6 N–H and O–H groups in total. The first-order valence-corrected chi connectivity index (χ1v) is 18.5. The highest BCUT2D eigenvalue weighted by molar-refractivity contribution is 5.96. The minimum Gasteiger partial charge on any atom is -0.508 e. The van der Waals surface area contributed by atoms with Crippen molar-refractivity contribution in [3.8, 4) is 11.5 Å². The van der Waals surface area contributed by atoms with Crippen LogP contribution < -0.4 is 20.7 Å². The lowest BCUT2D eigenvalue weighted by atomic mass is 9.80. The number of piperidine rings is 3. The molecule has 4 fully saturated rings. The van der Waals surface area contributed by atoms with Gasteiger partial charge in [0, 0.05) is 49.2 Å². The maximum Gasteiger partial charge on any atom is 0.262 e. The summed E-state index contributed by atoms with van der Waals surface area (Å²) in [6.45, 7) is 4.66. The van der Waals surface area contributed by atoms with Crippen LogP contribution in [0.3, 0.4) is 0 Å². The standard InChI is InChI=1S/C40H50N4O7/c45-32-20-33(39-34(21-32)43-38(48)25-50-39)35(46)23-41-22-27-10-12-31(13-11-27)42-37(47)16-19-44-17-14-28(15-18-44)36(24-44)51-26-40(49,30-8-4-5-9-30)29-6-2-1-3-7-29/h1-3,6-7,10-13,20-21,28,30,35-36,41,46,49H,4-5,8-9,14-19,22-26H2,(H2-,42,43,45,47,48)/p+1/t28?,35-,36-,40+,44?/m1/s1. The monoisotopic (exact) mass is 699 g/mol. The smallest absolute Gasteiger partial charge is 0.262 e. The predicted octanol–water partition coefficient (Wildman–Crippen LogP) is 4.58. The van der Waals surface area contributed by atoms with Crippen LogP contribution in [0.4, 0.5) is 11.4 Å². The van der Waals surface area contributed by atoms with Crippen LogP contribution in [0, 0.1) is 11.8 Å². The number of nitrogens with one attached hydrogen (secondary N) is 3. The molecule has 2 amide bonds. The zero-order valence-electron chi connectivity index (χ0n) is 29.2. The molecule has 4 heterocycles. The number of carbonyl (C=O) groups is 2. The molecule has 0 unspecified atom stereocenters. The van der Waals surface area contributed by atoms with E-state index in [-0.39, 0.29) is 42.7 Å². The van der Waals surface area contributed by atoms with E-state index in [1.165, 1.54) is 12.1 Å². The van der Waals surface area contributed by atoms with E-state index < -0.39 is 11.7 Å². The fourth-order valence-corrected chi connectivity index (χ4v) is 8.72. The van der Waals surface area contributed by atoms with E-state index in [0.717, 1.165) is 86.0 Å². The van der Waals surface area contributed by atoms with Crippen molar-refractivity contribution in [1.29, 1.82) is 0 Å². The Morgan fingerprint density at radius 2 is 1.78 bits per heavy atom. The molecular formula is C40H51N4O7+. The minimum absolute atomic E-state index is 0.00537. The summed E-state index contributed by atoms with van der Waals surface area (Å²) < 4.78 is 13.1. The number of nitrogens with zero attached hydrogens (tertiary/aromatic N) is 1. The van der Waals surface area contributed by atoms with Gasteiger partial charge in [0.05, 0.1) is 44.5 Å². The molecule has 11 heteroatoms. The molecule has 0 aromatic heterocycles. The molecule has 1 aliphatic carbocycles. The highest BCUT2D eigenvalue weighted by Crippen LogP contribution is 2.43. The zero-order chi connectivity index (χ0) is 35.4. The highest BCUT2D eigenvalue weighted by atomic mass is 16.5. The summed E-state index contributed by atoms with van der Waals surface area (Å²) in [4.78, 5) is 24.8. The zero-order valence-corrected chi connectivity index (χ0v) is 29.2. The van der Waals surface area contributed by atoms with E-state index in [1.54, 1.807) is 0 Å². The van der Waals surface area contributed by atoms with Crippen LogP contribution in [-0.4, -0.2) is 83.7 Å². The first-order valence-electron chi connectivity index (χ1n) is 18.5. The number of aliphatic hydroxyl groups is 2. The average Bonchev–Trinajstić information content (AvgIpc) is 3.70. The fourth-order valence-electron chi connectivity index (χ4n) is 8.72. The van der Waals surface area contributed by atoms with Crippen molar-refractivity contribution in [2.45, 2.75) is 69.3 Å². The van der Waals surface area contributed by atoms with E-state index >= 15 is 0 Å². The van der Waals surface area contributed by atoms with Gasteiger partial charge in [-0.1, -0.05) is 55.3 Å². The van der Waals surface area contributed by atoms with Crippen molar-refractivity contribution >= 4 is 23.2 Å².